The Morgan fingerprint density at radius 1 is 1.29 bits per heavy atom. The van der Waals surface area contributed by atoms with Gasteiger partial charge in [0.25, 0.3) is 0 Å². The number of halogens is 1. The summed E-state index contributed by atoms with van der Waals surface area (Å²) in [7, 11) is -2.67. The Hall–Kier alpha value is -0.940. The predicted molar refractivity (Wildman–Crippen MR) is 90.7 cm³/mol. The Kier molecular flexibility index (Phi) is 8.37. The number of rotatable bonds is 10. The number of nitrogens with one attached hydrogen (secondary N) is 1. The van der Waals surface area contributed by atoms with Gasteiger partial charge in [0.15, 0.2) is 0 Å². The molecule has 0 unspecified atom stereocenters. The third-order valence-corrected chi connectivity index (χ3v) is 4.07. The average Bonchev–Trinajstić information content (AvgIpc) is 2.45. The van der Waals surface area contributed by atoms with E-state index in [0.717, 1.165) is 5.56 Å². The van der Waals surface area contributed by atoms with Crippen molar-refractivity contribution in [3.05, 3.63) is 28.8 Å². The van der Waals surface area contributed by atoms with Gasteiger partial charge in [0.2, 0.25) is 0 Å². The zero-order valence-electron chi connectivity index (χ0n) is 13.5. The fourth-order valence-electron chi connectivity index (χ4n) is 2.01. The van der Waals surface area contributed by atoms with Gasteiger partial charge in [-0.05, 0) is 37.7 Å². The molecule has 0 aliphatic rings. The van der Waals surface area contributed by atoms with Crippen LogP contribution in [0, 0.1) is 6.92 Å². The molecule has 0 saturated heterocycles. The second kappa shape index (κ2) is 9.52. The molecule has 1 rings (SSSR count). The van der Waals surface area contributed by atoms with Crippen LogP contribution in [0.15, 0.2) is 18.2 Å². The van der Waals surface area contributed by atoms with Crippen molar-refractivity contribution in [1.82, 2.24) is 9.62 Å². The maximum absolute atomic E-state index is 10.5. The minimum Gasteiger partial charge on any atom is -0.491 e. The Morgan fingerprint density at radius 2 is 1.92 bits per heavy atom. The van der Waals surface area contributed by atoms with E-state index in [-0.39, 0.29) is 26.2 Å². The van der Waals surface area contributed by atoms with E-state index in [1.54, 1.807) is 34.9 Å². The zero-order valence-corrected chi connectivity index (χ0v) is 15.1. The van der Waals surface area contributed by atoms with E-state index in [1.165, 1.54) is 0 Å². The van der Waals surface area contributed by atoms with Crippen LogP contribution in [0.4, 0.5) is 0 Å². The van der Waals surface area contributed by atoms with Gasteiger partial charge in [-0.25, -0.2) is 0 Å². The number of aliphatic hydroxyl groups is 2. The first-order valence-corrected chi connectivity index (χ1v) is 9.04. The SMILES string of the molecule is Cc1cc(OC[C@H](O)CN(C)C[C@@H](O)CNS(=O)(=O)O)ccc1Cl. The molecule has 0 fully saturated rings. The van der Waals surface area contributed by atoms with Crippen molar-refractivity contribution in [3.63, 3.8) is 0 Å². The van der Waals surface area contributed by atoms with Gasteiger partial charge in [0.1, 0.15) is 18.5 Å². The summed E-state index contributed by atoms with van der Waals surface area (Å²) in [6.45, 7) is 1.92. The number of aliphatic hydroxyl groups excluding tert-OH is 2. The Morgan fingerprint density at radius 3 is 2.50 bits per heavy atom. The van der Waals surface area contributed by atoms with Crippen LogP contribution in [0.3, 0.4) is 0 Å². The molecule has 1 aromatic rings. The third kappa shape index (κ3) is 8.78. The fourth-order valence-corrected chi connectivity index (χ4v) is 2.53. The van der Waals surface area contributed by atoms with E-state index >= 15 is 0 Å². The number of likely N-dealkylation sites (N-methyl/N-ethyl adjacent to an activating group) is 1. The first-order chi connectivity index (χ1) is 11.1. The molecule has 0 aromatic heterocycles. The van der Waals surface area contributed by atoms with Crippen molar-refractivity contribution in [1.29, 1.82) is 0 Å². The highest BCUT2D eigenvalue weighted by molar-refractivity contribution is 7.83. The summed E-state index contributed by atoms with van der Waals surface area (Å²) in [5, 5.41) is 20.2. The molecule has 0 saturated carbocycles. The van der Waals surface area contributed by atoms with E-state index < -0.39 is 22.5 Å². The molecular formula is C14H23ClN2O6S. The van der Waals surface area contributed by atoms with Gasteiger partial charge in [-0.1, -0.05) is 11.6 Å². The Bertz CT molecular complexity index is 628. The molecule has 8 nitrogen and oxygen atoms in total. The number of benzene rings is 1. The van der Waals surface area contributed by atoms with Crippen LogP contribution in [0.2, 0.25) is 5.02 Å². The molecule has 24 heavy (non-hydrogen) atoms. The standard InChI is InChI=1S/C14H23ClN2O6S/c1-10-5-13(3-4-14(10)15)23-9-12(19)8-17(2)7-11(18)6-16-24(20,21)22/h3-5,11-12,16,18-19H,6-9H2,1-2H3,(H,20,21,22)/t11-,12+/m0/s1. The molecule has 2 atom stereocenters. The van der Waals surface area contributed by atoms with Crippen molar-refractivity contribution in [2.75, 3.05) is 33.3 Å². The number of ether oxygens (including phenoxy) is 1. The lowest BCUT2D eigenvalue weighted by Gasteiger charge is -2.23. The monoisotopic (exact) mass is 382 g/mol. The fraction of sp³-hybridized carbons (Fsp3) is 0.571. The van der Waals surface area contributed by atoms with Crippen LogP contribution >= 0.6 is 11.6 Å². The van der Waals surface area contributed by atoms with Gasteiger partial charge in [-0.15, -0.1) is 0 Å². The van der Waals surface area contributed by atoms with E-state index in [0.29, 0.717) is 10.8 Å². The summed E-state index contributed by atoms with van der Waals surface area (Å²) >= 11 is 5.92. The maximum Gasteiger partial charge on any atom is 0.333 e. The molecule has 0 aliphatic heterocycles. The van der Waals surface area contributed by atoms with Gasteiger partial charge >= 0.3 is 10.3 Å². The first-order valence-electron chi connectivity index (χ1n) is 7.22. The molecule has 138 valence electrons. The number of hydrogen-bond acceptors (Lipinski definition) is 6. The lowest BCUT2D eigenvalue weighted by Crippen LogP contribution is -2.41. The summed E-state index contributed by atoms with van der Waals surface area (Å²) in [6, 6.07) is 5.18. The summed E-state index contributed by atoms with van der Waals surface area (Å²) in [5.74, 6) is 0.594. The molecule has 0 bridgehead atoms. The van der Waals surface area contributed by atoms with Crippen LogP contribution in [0.25, 0.3) is 0 Å². The van der Waals surface area contributed by atoms with E-state index in [1.807, 2.05) is 6.92 Å². The minimum atomic E-state index is -4.33. The topological polar surface area (TPSA) is 119 Å². The van der Waals surface area contributed by atoms with Crippen LogP contribution < -0.4 is 9.46 Å². The molecular weight excluding hydrogens is 360 g/mol. The van der Waals surface area contributed by atoms with Crippen molar-refractivity contribution >= 4 is 21.9 Å². The van der Waals surface area contributed by atoms with E-state index in [4.69, 9.17) is 20.9 Å². The normalized spacial score (nSPS) is 14.6. The summed E-state index contributed by atoms with van der Waals surface area (Å²) in [6.07, 6.45) is -1.82. The second-order valence-electron chi connectivity index (χ2n) is 5.57. The molecule has 0 radical (unpaired) electrons. The number of hydrogen-bond donors (Lipinski definition) is 4. The van der Waals surface area contributed by atoms with Gasteiger partial charge in [0.05, 0.1) is 6.10 Å². The highest BCUT2D eigenvalue weighted by Crippen LogP contribution is 2.21. The Labute approximate surface area is 146 Å². The molecule has 1 aromatic carbocycles. The van der Waals surface area contributed by atoms with Gasteiger partial charge in [-0.3, -0.25) is 4.55 Å². The molecule has 0 amide bonds. The molecule has 0 aliphatic carbocycles. The maximum atomic E-state index is 10.5. The quantitative estimate of drug-likeness (QED) is 0.423. The van der Waals surface area contributed by atoms with Gasteiger partial charge in [0, 0.05) is 24.7 Å². The minimum absolute atomic E-state index is 0.0603. The first kappa shape index (κ1) is 21.1. The molecule has 0 heterocycles. The molecule has 4 N–H and O–H groups in total. The molecule has 10 heteroatoms. The third-order valence-electron chi connectivity index (χ3n) is 3.12. The van der Waals surface area contributed by atoms with Crippen molar-refractivity contribution < 1.29 is 27.9 Å². The van der Waals surface area contributed by atoms with Crippen LogP contribution in [0.5, 0.6) is 5.75 Å². The average molecular weight is 383 g/mol. The highest BCUT2D eigenvalue weighted by Gasteiger charge is 2.15. The van der Waals surface area contributed by atoms with Crippen LogP contribution in [-0.2, 0) is 10.3 Å². The highest BCUT2D eigenvalue weighted by atomic mass is 35.5. The Balaban J connectivity index is 2.33. The number of nitrogens with zero attached hydrogens (tertiary/aromatic N) is 1. The van der Waals surface area contributed by atoms with E-state index in [2.05, 4.69) is 0 Å². The summed E-state index contributed by atoms with van der Waals surface area (Å²) in [4.78, 5) is 1.62. The van der Waals surface area contributed by atoms with E-state index in [9.17, 15) is 18.6 Å². The largest absolute Gasteiger partial charge is 0.491 e. The van der Waals surface area contributed by atoms with Crippen molar-refractivity contribution in [2.24, 2.45) is 0 Å². The lowest BCUT2D eigenvalue weighted by molar-refractivity contribution is 0.0571. The number of aryl methyl sites for hydroxylation is 1. The van der Waals surface area contributed by atoms with Gasteiger partial charge < -0.3 is 19.8 Å². The van der Waals surface area contributed by atoms with Gasteiger partial charge in [-0.2, -0.15) is 13.1 Å². The van der Waals surface area contributed by atoms with Crippen molar-refractivity contribution in [3.8, 4) is 5.75 Å². The predicted octanol–water partition coefficient (Wildman–Crippen LogP) is 0.0732. The van der Waals surface area contributed by atoms with Crippen LogP contribution in [-0.4, -0.2) is 73.6 Å². The smallest absolute Gasteiger partial charge is 0.333 e. The van der Waals surface area contributed by atoms with Crippen molar-refractivity contribution in [2.45, 2.75) is 19.1 Å². The summed E-state index contributed by atoms with van der Waals surface area (Å²) < 4.78 is 36.8. The molecule has 0 spiro atoms. The zero-order chi connectivity index (χ0) is 18.3. The summed E-state index contributed by atoms with van der Waals surface area (Å²) in [5.41, 5.74) is 0.871. The van der Waals surface area contributed by atoms with Crippen LogP contribution in [0.1, 0.15) is 5.56 Å². The second-order valence-corrected chi connectivity index (χ2v) is 7.22. The lowest BCUT2D eigenvalue weighted by atomic mass is 10.2.